The van der Waals surface area contributed by atoms with E-state index < -0.39 is 17.2 Å². The lowest BCUT2D eigenvalue weighted by Gasteiger charge is -2.37. The summed E-state index contributed by atoms with van der Waals surface area (Å²) in [5, 5.41) is 9.68. The highest BCUT2D eigenvalue weighted by Crippen LogP contribution is 2.46. The Morgan fingerprint density at radius 3 is 2.81 bits per heavy atom. The number of ether oxygens (including phenoxy) is 3. The molecule has 2 saturated heterocycles. The molecular formula is C31H35FN4O6. The fraction of sp³-hybridized carbons (Fsp3) is 0.516. The molecule has 1 unspecified atom stereocenters. The number of aromatic nitrogens is 2. The molecule has 1 aromatic carbocycles. The van der Waals surface area contributed by atoms with Gasteiger partial charge in [-0.1, -0.05) is 0 Å². The van der Waals surface area contributed by atoms with Gasteiger partial charge in [-0.05, 0) is 63.6 Å². The molecule has 4 aliphatic rings. The maximum atomic E-state index is 16.0. The largest absolute Gasteiger partial charge is 0.492 e. The van der Waals surface area contributed by atoms with Crippen LogP contribution in [0.15, 0.2) is 23.3 Å². The summed E-state index contributed by atoms with van der Waals surface area (Å²) >= 11 is 0. The molecule has 0 bridgehead atoms. The molecule has 10 nitrogen and oxygen atoms in total. The highest BCUT2D eigenvalue weighted by atomic mass is 19.1. The van der Waals surface area contributed by atoms with Crippen LogP contribution in [0.1, 0.15) is 65.8 Å². The molecule has 11 heteroatoms. The predicted octanol–water partition coefficient (Wildman–Crippen LogP) is 4.24. The van der Waals surface area contributed by atoms with Crippen molar-refractivity contribution in [1.82, 2.24) is 14.5 Å². The summed E-state index contributed by atoms with van der Waals surface area (Å²) in [5.41, 5.74) is 2.72. The lowest BCUT2D eigenvalue weighted by Crippen LogP contribution is -2.44. The van der Waals surface area contributed by atoms with Crippen molar-refractivity contribution >= 4 is 22.6 Å². The molecule has 42 heavy (non-hydrogen) atoms. The topological polar surface area (TPSA) is 106 Å². The molecule has 3 aromatic rings. The molecule has 222 valence electrons. The summed E-state index contributed by atoms with van der Waals surface area (Å²) in [5.74, 6) is -0.465. The molecule has 7 rings (SSSR count). The van der Waals surface area contributed by atoms with E-state index in [0.717, 1.165) is 54.8 Å². The molecule has 1 saturated carbocycles. The molecule has 1 N–H and O–H groups in total. The fourth-order valence-electron chi connectivity index (χ4n) is 7.12. The zero-order valence-corrected chi connectivity index (χ0v) is 24.1. The fourth-order valence-corrected chi connectivity index (χ4v) is 7.12. The van der Waals surface area contributed by atoms with Crippen molar-refractivity contribution in [2.45, 2.75) is 71.1 Å². The van der Waals surface area contributed by atoms with Crippen molar-refractivity contribution in [3.63, 3.8) is 0 Å². The Morgan fingerprint density at radius 2 is 2.07 bits per heavy atom. The van der Waals surface area contributed by atoms with Gasteiger partial charge in [-0.2, -0.15) is 0 Å². The average Bonchev–Trinajstić information content (AvgIpc) is 3.72. The van der Waals surface area contributed by atoms with E-state index in [1.165, 1.54) is 19.4 Å². The van der Waals surface area contributed by atoms with Crippen LogP contribution < -0.4 is 19.8 Å². The molecule has 0 radical (unpaired) electrons. The number of hydrogen-bond acceptors (Lipinski definition) is 8. The minimum absolute atomic E-state index is 0.0357. The van der Waals surface area contributed by atoms with E-state index in [0.29, 0.717) is 43.4 Å². The van der Waals surface area contributed by atoms with E-state index in [1.54, 1.807) is 4.57 Å². The van der Waals surface area contributed by atoms with E-state index in [-0.39, 0.29) is 35.1 Å². The average molecular weight is 579 g/mol. The normalized spacial score (nSPS) is 23.9. The van der Waals surface area contributed by atoms with Crippen LogP contribution in [0.5, 0.6) is 11.5 Å². The van der Waals surface area contributed by atoms with Crippen molar-refractivity contribution < 1.29 is 28.5 Å². The third kappa shape index (κ3) is 4.41. The predicted molar refractivity (Wildman–Crippen MR) is 153 cm³/mol. The van der Waals surface area contributed by atoms with Crippen LogP contribution in [0.25, 0.3) is 10.9 Å². The van der Waals surface area contributed by atoms with Gasteiger partial charge in [0.1, 0.15) is 17.0 Å². The highest BCUT2D eigenvalue weighted by Gasteiger charge is 2.42. The van der Waals surface area contributed by atoms with Crippen LogP contribution >= 0.6 is 0 Å². The SMILES string of the molecule is COc1c(N2C[C@@H]3CCCN(Cc4cnc(C)c5c4COC(C)O5)[C@@H]3C2)c(F)cc2c(=O)c(C(=O)O)cn(C3CC3)c12. The first kappa shape index (κ1) is 27.2. The third-order valence-electron chi connectivity index (χ3n) is 9.31. The van der Waals surface area contributed by atoms with Crippen molar-refractivity contribution in [3.8, 4) is 11.5 Å². The number of pyridine rings is 2. The number of fused-ring (bicyclic) bond motifs is 3. The van der Waals surface area contributed by atoms with Crippen molar-refractivity contribution in [2.75, 3.05) is 31.6 Å². The van der Waals surface area contributed by atoms with E-state index in [1.807, 2.05) is 24.9 Å². The number of piperidine rings is 1. The number of benzene rings is 1. The molecule has 0 amide bonds. The number of aromatic carboxylic acids is 1. The number of carboxylic acid groups (broad SMARTS) is 1. The molecule has 3 aliphatic heterocycles. The molecular weight excluding hydrogens is 543 g/mol. The van der Waals surface area contributed by atoms with Crippen LogP contribution in [0.2, 0.25) is 0 Å². The number of anilines is 1. The van der Waals surface area contributed by atoms with Gasteiger partial charge in [-0.25, -0.2) is 9.18 Å². The number of methoxy groups -OCH3 is 1. The summed E-state index contributed by atoms with van der Waals surface area (Å²) < 4.78 is 35.4. The Kier molecular flexibility index (Phi) is 6.62. The molecule has 5 heterocycles. The number of carboxylic acids is 1. The van der Waals surface area contributed by atoms with Gasteiger partial charge in [0.05, 0.1) is 30.3 Å². The van der Waals surface area contributed by atoms with Crippen LogP contribution in [-0.2, 0) is 17.9 Å². The minimum Gasteiger partial charge on any atom is -0.492 e. The Hall–Kier alpha value is -3.70. The first-order valence-electron chi connectivity index (χ1n) is 14.7. The van der Waals surface area contributed by atoms with E-state index in [2.05, 4.69) is 9.88 Å². The number of nitrogens with zero attached hydrogens (tertiary/aromatic N) is 4. The van der Waals surface area contributed by atoms with Gasteiger partial charge in [-0.15, -0.1) is 0 Å². The quantitative estimate of drug-likeness (QED) is 0.460. The monoisotopic (exact) mass is 578 g/mol. The Balaban J connectivity index is 1.24. The molecule has 1 aliphatic carbocycles. The van der Waals surface area contributed by atoms with Crippen LogP contribution in [0.3, 0.4) is 0 Å². The Bertz CT molecular complexity index is 1650. The van der Waals surface area contributed by atoms with Crippen molar-refractivity contribution in [3.05, 3.63) is 56.9 Å². The maximum Gasteiger partial charge on any atom is 0.341 e. The molecule has 2 aromatic heterocycles. The van der Waals surface area contributed by atoms with Crippen LogP contribution in [0, 0.1) is 18.7 Å². The van der Waals surface area contributed by atoms with Crippen LogP contribution in [-0.4, -0.2) is 64.6 Å². The van der Waals surface area contributed by atoms with E-state index >= 15 is 4.39 Å². The van der Waals surface area contributed by atoms with Gasteiger partial charge in [0.25, 0.3) is 0 Å². The Labute approximate surface area is 242 Å². The summed E-state index contributed by atoms with van der Waals surface area (Å²) in [6.07, 6.45) is 6.81. The zero-order chi connectivity index (χ0) is 29.3. The smallest absolute Gasteiger partial charge is 0.341 e. The van der Waals surface area contributed by atoms with E-state index in [4.69, 9.17) is 14.2 Å². The summed E-state index contributed by atoms with van der Waals surface area (Å²) in [7, 11) is 1.48. The van der Waals surface area contributed by atoms with Gasteiger partial charge < -0.3 is 28.8 Å². The second-order valence-corrected chi connectivity index (χ2v) is 12.0. The van der Waals surface area contributed by atoms with Gasteiger partial charge in [0.2, 0.25) is 5.43 Å². The summed E-state index contributed by atoms with van der Waals surface area (Å²) in [4.78, 5) is 34.1. The van der Waals surface area contributed by atoms with Gasteiger partial charge >= 0.3 is 5.97 Å². The molecule has 3 fully saturated rings. The number of aryl methyl sites for hydroxylation is 1. The Morgan fingerprint density at radius 1 is 1.26 bits per heavy atom. The number of halogens is 1. The third-order valence-corrected chi connectivity index (χ3v) is 9.31. The van der Waals surface area contributed by atoms with Gasteiger partial charge in [0, 0.05) is 49.7 Å². The van der Waals surface area contributed by atoms with Crippen LogP contribution in [0.4, 0.5) is 10.1 Å². The number of hydrogen-bond donors (Lipinski definition) is 1. The standard InChI is InChI=1S/C31H35FN4O6/c1-16-29-23(15-41-17(2)42-29)19(10-33-16)12-34-8-4-5-18-11-35(14-25(18)34)27-24(32)9-21-26(30(27)40-3)36(20-6-7-20)13-22(28(21)37)31(38)39/h9-10,13,17-18,20,25H,4-8,11-12,14-15H2,1-3H3,(H,38,39)/t17?,18-,25+/m0/s1. The molecule has 3 atom stereocenters. The number of likely N-dealkylation sites (tertiary alicyclic amines) is 1. The second kappa shape index (κ2) is 10.2. The lowest BCUT2D eigenvalue weighted by atomic mass is 9.91. The number of rotatable bonds is 6. The van der Waals surface area contributed by atoms with E-state index in [9.17, 15) is 14.7 Å². The first-order chi connectivity index (χ1) is 20.2. The maximum absolute atomic E-state index is 16.0. The lowest BCUT2D eigenvalue weighted by molar-refractivity contribution is -0.0957. The number of carbonyl (C=O) groups is 1. The highest BCUT2D eigenvalue weighted by molar-refractivity contribution is 5.97. The first-order valence-corrected chi connectivity index (χ1v) is 14.7. The van der Waals surface area contributed by atoms with Gasteiger partial charge in [-0.3, -0.25) is 14.7 Å². The zero-order valence-electron chi connectivity index (χ0n) is 24.1. The summed E-state index contributed by atoms with van der Waals surface area (Å²) in [6, 6.07) is 1.45. The van der Waals surface area contributed by atoms with Gasteiger partial charge in [0.15, 0.2) is 17.9 Å². The minimum atomic E-state index is -1.32. The second-order valence-electron chi connectivity index (χ2n) is 12.0. The van der Waals surface area contributed by atoms with Crippen molar-refractivity contribution in [2.24, 2.45) is 5.92 Å². The molecule has 0 spiro atoms. The summed E-state index contributed by atoms with van der Waals surface area (Å²) in [6.45, 7) is 7.20. The van der Waals surface area contributed by atoms with Crippen molar-refractivity contribution in [1.29, 1.82) is 0 Å².